The third-order valence-corrected chi connectivity index (χ3v) is 4.56. The topological polar surface area (TPSA) is 98.1 Å². The van der Waals surface area contributed by atoms with Crippen LogP contribution in [0.1, 0.15) is 21.5 Å². The minimum absolute atomic E-state index is 0.0950. The molecule has 142 valence electrons. The van der Waals surface area contributed by atoms with Gasteiger partial charge in [0.25, 0.3) is 5.91 Å². The maximum Gasteiger partial charge on any atom is 0.257 e. The molecule has 0 spiro atoms. The van der Waals surface area contributed by atoms with Crippen molar-refractivity contribution >= 4 is 29.0 Å². The summed E-state index contributed by atoms with van der Waals surface area (Å²) in [7, 11) is 0. The van der Waals surface area contributed by atoms with Gasteiger partial charge in [0, 0.05) is 11.9 Å². The van der Waals surface area contributed by atoms with Crippen molar-refractivity contribution in [2.24, 2.45) is 0 Å². The van der Waals surface area contributed by atoms with Gasteiger partial charge >= 0.3 is 0 Å². The van der Waals surface area contributed by atoms with Gasteiger partial charge in [-0.2, -0.15) is 5.26 Å². The zero-order chi connectivity index (χ0) is 20.2. The highest BCUT2D eigenvalue weighted by atomic mass is 16.2. The number of pyridine rings is 1. The van der Waals surface area contributed by atoms with E-state index in [1.54, 1.807) is 35.2 Å². The Kier molecular flexibility index (Phi) is 4.91. The van der Waals surface area contributed by atoms with E-state index in [0.29, 0.717) is 34.9 Å². The third kappa shape index (κ3) is 3.92. The van der Waals surface area contributed by atoms with Crippen LogP contribution >= 0.6 is 0 Å². The molecule has 0 saturated heterocycles. The van der Waals surface area contributed by atoms with E-state index in [2.05, 4.69) is 15.6 Å². The van der Waals surface area contributed by atoms with Crippen molar-refractivity contribution in [1.82, 2.24) is 4.98 Å². The first-order valence-corrected chi connectivity index (χ1v) is 9.04. The lowest BCUT2D eigenvalue weighted by atomic mass is 10.1. The van der Waals surface area contributed by atoms with Crippen LogP contribution < -0.4 is 15.5 Å². The van der Waals surface area contributed by atoms with E-state index >= 15 is 0 Å². The molecule has 0 bridgehead atoms. The van der Waals surface area contributed by atoms with Gasteiger partial charge in [0.15, 0.2) is 5.82 Å². The summed E-state index contributed by atoms with van der Waals surface area (Å²) in [6, 6.07) is 20.0. The van der Waals surface area contributed by atoms with Gasteiger partial charge in [-0.05, 0) is 29.8 Å². The van der Waals surface area contributed by atoms with Crippen LogP contribution in [0.3, 0.4) is 0 Å². The van der Waals surface area contributed by atoms with Crippen LogP contribution in [-0.4, -0.2) is 23.3 Å². The molecule has 2 aromatic carbocycles. The lowest BCUT2D eigenvalue weighted by Crippen LogP contribution is -2.40. The summed E-state index contributed by atoms with van der Waals surface area (Å²) in [6.45, 7) is 0.546. The van der Waals surface area contributed by atoms with Crippen LogP contribution in [0.5, 0.6) is 0 Å². The number of aromatic nitrogens is 1. The highest BCUT2D eigenvalue weighted by Gasteiger charge is 2.26. The number of hydrogen-bond acceptors (Lipinski definition) is 5. The van der Waals surface area contributed by atoms with Gasteiger partial charge in [-0.15, -0.1) is 0 Å². The van der Waals surface area contributed by atoms with E-state index < -0.39 is 0 Å². The molecule has 7 nitrogen and oxygen atoms in total. The van der Waals surface area contributed by atoms with Gasteiger partial charge in [0.05, 0.1) is 36.0 Å². The molecule has 2 amide bonds. The van der Waals surface area contributed by atoms with E-state index in [1.165, 1.54) is 6.20 Å². The SMILES string of the molecule is N#Cc1cccc(NC(=O)c2cnc3c(c2)N(Cc2ccccc2)C(=O)CN3)c1. The highest BCUT2D eigenvalue weighted by molar-refractivity contribution is 6.07. The normalized spacial score (nSPS) is 12.5. The van der Waals surface area contributed by atoms with Crippen molar-refractivity contribution < 1.29 is 9.59 Å². The minimum Gasteiger partial charge on any atom is -0.359 e. The first kappa shape index (κ1) is 18.2. The van der Waals surface area contributed by atoms with Gasteiger partial charge in [-0.25, -0.2) is 4.98 Å². The second-order valence-corrected chi connectivity index (χ2v) is 6.56. The molecule has 1 aliphatic heterocycles. The van der Waals surface area contributed by atoms with Crippen molar-refractivity contribution in [3.05, 3.63) is 83.6 Å². The summed E-state index contributed by atoms with van der Waals surface area (Å²) in [5, 5.41) is 14.8. The molecule has 2 heterocycles. The molecule has 1 aromatic heterocycles. The van der Waals surface area contributed by atoms with E-state index in [0.717, 1.165) is 5.56 Å². The number of benzene rings is 2. The van der Waals surface area contributed by atoms with Crippen molar-refractivity contribution in [2.75, 3.05) is 22.1 Å². The average molecular weight is 383 g/mol. The molecule has 4 rings (SSSR count). The molecule has 29 heavy (non-hydrogen) atoms. The lowest BCUT2D eigenvalue weighted by Gasteiger charge is -2.29. The van der Waals surface area contributed by atoms with Gasteiger partial charge in [0.1, 0.15) is 0 Å². The van der Waals surface area contributed by atoms with E-state index in [1.807, 2.05) is 36.4 Å². The Morgan fingerprint density at radius 3 is 2.79 bits per heavy atom. The number of carbonyl (C=O) groups is 2. The standard InChI is InChI=1S/C22H17N5O2/c23-11-16-7-4-8-18(9-16)26-22(29)17-10-19-21(24-12-17)25-13-20(28)27(19)14-15-5-2-1-3-6-15/h1-10,12H,13-14H2,(H,24,25)(H,26,29). The fraction of sp³-hybridized carbons (Fsp3) is 0.0909. The fourth-order valence-corrected chi connectivity index (χ4v) is 3.12. The smallest absolute Gasteiger partial charge is 0.257 e. The third-order valence-electron chi connectivity index (χ3n) is 4.56. The Morgan fingerprint density at radius 1 is 1.17 bits per heavy atom. The number of amides is 2. The van der Waals surface area contributed by atoms with Crippen molar-refractivity contribution in [3.63, 3.8) is 0 Å². The summed E-state index contributed by atoms with van der Waals surface area (Å²) in [4.78, 5) is 31.1. The Hall–Kier alpha value is -4.18. The quantitative estimate of drug-likeness (QED) is 0.721. The second-order valence-electron chi connectivity index (χ2n) is 6.56. The number of nitrogens with zero attached hydrogens (tertiary/aromatic N) is 3. The number of rotatable bonds is 4. The number of anilines is 3. The molecule has 2 N–H and O–H groups in total. The summed E-state index contributed by atoms with van der Waals surface area (Å²) in [5.41, 5.74) is 2.83. The molecular formula is C22H17N5O2. The van der Waals surface area contributed by atoms with Crippen LogP contribution in [0.25, 0.3) is 0 Å². The second kappa shape index (κ2) is 7.82. The van der Waals surface area contributed by atoms with Crippen LogP contribution in [0.15, 0.2) is 66.9 Å². The first-order chi connectivity index (χ1) is 14.1. The molecule has 0 radical (unpaired) electrons. The fourth-order valence-electron chi connectivity index (χ4n) is 3.12. The Labute approximate surface area is 167 Å². The number of carbonyl (C=O) groups excluding carboxylic acids is 2. The van der Waals surface area contributed by atoms with Gasteiger partial charge in [-0.3, -0.25) is 9.59 Å². The van der Waals surface area contributed by atoms with E-state index in [9.17, 15) is 9.59 Å². The molecule has 1 aliphatic rings. The maximum atomic E-state index is 12.7. The molecule has 0 aliphatic carbocycles. The van der Waals surface area contributed by atoms with Gasteiger partial charge in [0.2, 0.25) is 5.91 Å². The maximum absolute atomic E-state index is 12.7. The zero-order valence-electron chi connectivity index (χ0n) is 15.4. The predicted molar refractivity (Wildman–Crippen MR) is 109 cm³/mol. The Bertz CT molecular complexity index is 1120. The zero-order valence-corrected chi connectivity index (χ0v) is 15.4. The molecule has 0 saturated carbocycles. The summed E-state index contributed by atoms with van der Waals surface area (Å²) in [6.07, 6.45) is 1.46. The van der Waals surface area contributed by atoms with E-state index in [4.69, 9.17) is 5.26 Å². The van der Waals surface area contributed by atoms with Crippen LogP contribution in [0, 0.1) is 11.3 Å². The molecule has 7 heteroatoms. The number of fused-ring (bicyclic) bond motifs is 1. The molecule has 0 atom stereocenters. The largest absolute Gasteiger partial charge is 0.359 e. The minimum atomic E-state index is -0.368. The monoisotopic (exact) mass is 383 g/mol. The van der Waals surface area contributed by atoms with Crippen molar-refractivity contribution in [2.45, 2.75) is 6.54 Å². The molecule has 3 aromatic rings. The first-order valence-electron chi connectivity index (χ1n) is 9.04. The van der Waals surface area contributed by atoms with Crippen molar-refractivity contribution in [1.29, 1.82) is 5.26 Å². The predicted octanol–water partition coefficient (Wildman–Crippen LogP) is 3.16. The molecular weight excluding hydrogens is 366 g/mol. The van der Waals surface area contributed by atoms with Crippen LogP contribution in [0.2, 0.25) is 0 Å². The van der Waals surface area contributed by atoms with E-state index in [-0.39, 0.29) is 18.4 Å². The van der Waals surface area contributed by atoms with Crippen LogP contribution in [-0.2, 0) is 11.3 Å². The summed E-state index contributed by atoms with van der Waals surface area (Å²) >= 11 is 0. The lowest BCUT2D eigenvalue weighted by molar-refractivity contribution is -0.117. The highest BCUT2D eigenvalue weighted by Crippen LogP contribution is 2.30. The average Bonchev–Trinajstić information content (AvgIpc) is 2.76. The number of hydrogen-bond donors (Lipinski definition) is 2. The molecule has 0 fully saturated rings. The van der Waals surface area contributed by atoms with Crippen molar-refractivity contribution in [3.8, 4) is 6.07 Å². The molecule has 0 unspecified atom stereocenters. The van der Waals surface area contributed by atoms with Crippen LogP contribution in [0.4, 0.5) is 17.2 Å². The van der Waals surface area contributed by atoms with Gasteiger partial charge < -0.3 is 15.5 Å². The number of nitriles is 1. The number of nitrogens with one attached hydrogen (secondary N) is 2. The Morgan fingerprint density at radius 2 is 2.00 bits per heavy atom. The Balaban J connectivity index is 1.61. The summed E-state index contributed by atoms with van der Waals surface area (Å²) in [5.74, 6) is 0.0964. The van der Waals surface area contributed by atoms with Gasteiger partial charge in [-0.1, -0.05) is 36.4 Å². The summed E-state index contributed by atoms with van der Waals surface area (Å²) < 4.78 is 0.